The number of carbonyl (C=O) groups excluding carboxylic acids is 2. The second-order valence-electron chi connectivity index (χ2n) is 6.38. The molecule has 0 bridgehead atoms. The smallest absolute Gasteiger partial charge is 0.326 e. The van der Waals surface area contributed by atoms with Gasteiger partial charge in [0.05, 0.1) is 15.7 Å². The van der Waals surface area contributed by atoms with E-state index in [2.05, 4.69) is 5.32 Å². The maximum Gasteiger partial charge on any atom is 0.326 e. The molecule has 3 aromatic carbocycles. The molecule has 0 saturated heterocycles. The van der Waals surface area contributed by atoms with Crippen molar-refractivity contribution in [3.63, 3.8) is 0 Å². The summed E-state index contributed by atoms with van der Waals surface area (Å²) in [7, 11) is 0. The molecule has 5 nitrogen and oxygen atoms in total. The normalized spacial score (nSPS) is 10.6. The van der Waals surface area contributed by atoms with Crippen molar-refractivity contribution in [3.8, 4) is 11.5 Å². The molecule has 2 N–H and O–H groups in total. The van der Waals surface area contributed by atoms with Gasteiger partial charge in [-0.15, -0.1) is 0 Å². The molecule has 3 aromatic rings. The van der Waals surface area contributed by atoms with Crippen molar-refractivity contribution < 1.29 is 23.1 Å². The number of aryl methyl sites for hydroxylation is 1. The first kappa shape index (κ1) is 24.1. The van der Waals surface area contributed by atoms with E-state index in [1.54, 1.807) is 19.1 Å². The molecule has 0 saturated carbocycles. The molecule has 0 aliphatic rings. The molecule has 0 heterocycles. The highest BCUT2D eigenvalue weighted by Crippen LogP contribution is 2.43. The molecule has 3 amide bonds. The summed E-state index contributed by atoms with van der Waals surface area (Å²) in [4.78, 5) is 24.3. The number of carbonyl (C=O) groups is 2. The van der Waals surface area contributed by atoms with Gasteiger partial charge < -0.3 is 10.1 Å². The number of urea groups is 1. The van der Waals surface area contributed by atoms with Crippen LogP contribution in [-0.2, 0) is 0 Å². The van der Waals surface area contributed by atoms with Crippen LogP contribution in [0, 0.1) is 18.6 Å². The van der Waals surface area contributed by atoms with Crippen molar-refractivity contribution in [2.24, 2.45) is 0 Å². The molecule has 32 heavy (non-hydrogen) atoms. The summed E-state index contributed by atoms with van der Waals surface area (Å²) >= 11 is 24.5. The van der Waals surface area contributed by atoms with Gasteiger partial charge in [-0.2, -0.15) is 0 Å². The van der Waals surface area contributed by atoms with Crippen LogP contribution < -0.4 is 15.4 Å². The molecule has 3 rings (SSSR count). The maximum absolute atomic E-state index is 13.7. The Morgan fingerprint density at radius 2 is 1.59 bits per heavy atom. The minimum Gasteiger partial charge on any atom is -0.454 e. The molecule has 166 valence electrons. The van der Waals surface area contributed by atoms with Crippen molar-refractivity contribution in [3.05, 3.63) is 85.3 Å². The van der Waals surface area contributed by atoms with E-state index in [9.17, 15) is 18.4 Å². The molecule has 0 unspecified atom stereocenters. The standard InChI is InChI=1S/C21H12Cl4F2N2O3/c1-9-7-14(28-21(31)29-20(30)16-12(26)3-2-4-13(16)27)17(24)18(25)19(9)32-15-6-5-10(22)8-11(15)23/h2-8H,1H3,(H2,28,29,30,31). The molecule has 0 fully saturated rings. The molecule has 0 aliphatic heterocycles. The van der Waals surface area contributed by atoms with E-state index >= 15 is 0 Å². The fraction of sp³-hybridized carbons (Fsp3) is 0.0476. The summed E-state index contributed by atoms with van der Waals surface area (Å²) in [5, 5.41) is 4.65. The van der Waals surface area contributed by atoms with E-state index in [4.69, 9.17) is 51.1 Å². The largest absolute Gasteiger partial charge is 0.454 e. The minimum absolute atomic E-state index is 0.0306. The number of amides is 3. The summed E-state index contributed by atoms with van der Waals surface area (Å²) in [6.07, 6.45) is 0. The third-order valence-corrected chi connectivity index (χ3v) is 5.50. The third-order valence-electron chi connectivity index (χ3n) is 4.12. The van der Waals surface area contributed by atoms with Crippen LogP contribution in [0.4, 0.5) is 19.3 Å². The minimum atomic E-state index is -1.27. The number of rotatable bonds is 4. The van der Waals surface area contributed by atoms with Gasteiger partial charge in [0.15, 0.2) is 5.75 Å². The Hall–Kier alpha value is -2.58. The number of imide groups is 1. The van der Waals surface area contributed by atoms with E-state index in [1.807, 2.05) is 5.32 Å². The molecule has 0 spiro atoms. The van der Waals surface area contributed by atoms with Gasteiger partial charge in [-0.05, 0) is 48.9 Å². The molecule has 11 heteroatoms. The Balaban J connectivity index is 1.80. The van der Waals surface area contributed by atoms with Crippen molar-refractivity contribution >= 4 is 64.0 Å². The topological polar surface area (TPSA) is 67.4 Å². The average Bonchev–Trinajstić information content (AvgIpc) is 2.70. The quantitative estimate of drug-likeness (QED) is 0.372. The SMILES string of the molecule is Cc1cc(NC(=O)NC(=O)c2c(F)cccc2F)c(Cl)c(Cl)c1Oc1ccc(Cl)cc1Cl. The monoisotopic (exact) mass is 518 g/mol. The number of hydrogen-bond donors (Lipinski definition) is 2. The van der Waals surface area contributed by atoms with Gasteiger partial charge in [-0.25, -0.2) is 13.6 Å². The Bertz CT molecular complexity index is 1220. The van der Waals surface area contributed by atoms with Crippen LogP contribution in [0.2, 0.25) is 20.1 Å². The fourth-order valence-electron chi connectivity index (χ4n) is 2.65. The molecular weight excluding hydrogens is 508 g/mol. The first-order valence-electron chi connectivity index (χ1n) is 8.76. The predicted octanol–water partition coefficient (Wildman–Crippen LogP) is 7.64. The van der Waals surface area contributed by atoms with Crippen LogP contribution in [0.25, 0.3) is 0 Å². The van der Waals surface area contributed by atoms with Crippen LogP contribution in [-0.4, -0.2) is 11.9 Å². The Labute approximate surface area is 201 Å². The lowest BCUT2D eigenvalue weighted by molar-refractivity contribution is 0.0959. The van der Waals surface area contributed by atoms with Crippen LogP contribution >= 0.6 is 46.4 Å². The van der Waals surface area contributed by atoms with Crippen molar-refractivity contribution in [2.45, 2.75) is 6.92 Å². The number of benzene rings is 3. The lowest BCUT2D eigenvalue weighted by atomic mass is 10.2. The summed E-state index contributed by atoms with van der Waals surface area (Å²) in [6, 6.07) is 7.82. The van der Waals surface area contributed by atoms with Gasteiger partial charge in [0.25, 0.3) is 5.91 Å². The van der Waals surface area contributed by atoms with Crippen molar-refractivity contribution in [1.82, 2.24) is 5.32 Å². The van der Waals surface area contributed by atoms with Gasteiger partial charge in [0.1, 0.15) is 28.0 Å². The zero-order valence-electron chi connectivity index (χ0n) is 16.0. The van der Waals surface area contributed by atoms with Gasteiger partial charge in [-0.1, -0.05) is 52.5 Å². The highest BCUT2D eigenvalue weighted by Gasteiger charge is 2.21. The van der Waals surface area contributed by atoms with E-state index in [0.29, 0.717) is 10.6 Å². The fourth-order valence-corrected chi connectivity index (χ4v) is 3.58. The van der Waals surface area contributed by atoms with Crippen LogP contribution in [0.15, 0.2) is 42.5 Å². The summed E-state index contributed by atoms with van der Waals surface area (Å²) in [5.41, 5.74) is -0.401. The molecular formula is C21H12Cl4F2N2O3. The first-order chi connectivity index (χ1) is 15.1. The number of halogens is 6. The lowest BCUT2D eigenvalue weighted by Crippen LogP contribution is -2.35. The number of nitrogens with one attached hydrogen (secondary N) is 2. The Morgan fingerprint density at radius 1 is 0.938 bits per heavy atom. The van der Waals surface area contributed by atoms with E-state index < -0.39 is 29.1 Å². The second-order valence-corrected chi connectivity index (χ2v) is 7.98. The van der Waals surface area contributed by atoms with Gasteiger partial charge in [0.2, 0.25) is 0 Å². The van der Waals surface area contributed by atoms with E-state index in [1.165, 1.54) is 12.1 Å². The van der Waals surface area contributed by atoms with Gasteiger partial charge in [0, 0.05) is 5.02 Å². The van der Waals surface area contributed by atoms with Crippen LogP contribution in [0.3, 0.4) is 0 Å². The second kappa shape index (κ2) is 9.92. The molecule has 0 radical (unpaired) electrons. The van der Waals surface area contributed by atoms with E-state index in [0.717, 1.165) is 18.2 Å². The third kappa shape index (κ3) is 5.24. The van der Waals surface area contributed by atoms with Crippen molar-refractivity contribution in [2.75, 3.05) is 5.32 Å². The summed E-state index contributed by atoms with van der Waals surface area (Å²) < 4.78 is 33.2. The van der Waals surface area contributed by atoms with E-state index in [-0.39, 0.29) is 32.3 Å². The summed E-state index contributed by atoms with van der Waals surface area (Å²) in [6.45, 7) is 1.63. The molecule has 0 atom stereocenters. The molecule has 0 aromatic heterocycles. The van der Waals surface area contributed by atoms with Crippen LogP contribution in [0.5, 0.6) is 11.5 Å². The van der Waals surface area contributed by atoms with Crippen molar-refractivity contribution in [1.29, 1.82) is 0 Å². The van der Waals surface area contributed by atoms with Gasteiger partial charge >= 0.3 is 6.03 Å². The zero-order valence-corrected chi connectivity index (χ0v) is 19.1. The maximum atomic E-state index is 13.7. The number of anilines is 1. The number of hydrogen-bond acceptors (Lipinski definition) is 3. The first-order valence-corrected chi connectivity index (χ1v) is 10.3. The Kier molecular flexibility index (Phi) is 7.46. The predicted molar refractivity (Wildman–Crippen MR) is 121 cm³/mol. The highest BCUT2D eigenvalue weighted by molar-refractivity contribution is 6.45. The zero-order chi connectivity index (χ0) is 23.6. The highest BCUT2D eigenvalue weighted by atomic mass is 35.5. The summed E-state index contributed by atoms with van der Waals surface area (Å²) in [5.74, 6) is -3.05. The Morgan fingerprint density at radius 3 is 2.22 bits per heavy atom. The van der Waals surface area contributed by atoms with Crippen LogP contribution in [0.1, 0.15) is 15.9 Å². The molecule has 0 aliphatic carbocycles. The number of ether oxygens (including phenoxy) is 1. The van der Waals surface area contributed by atoms with Gasteiger partial charge in [-0.3, -0.25) is 10.1 Å². The lowest BCUT2D eigenvalue weighted by Gasteiger charge is -2.16. The average molecular weight is 520 g/mol.